The Labute approximate surface area is 101 Å². The third-order valence-electron chi connectivity index (χ3n) is 2.48. The van der Waals surface area contributed by atoms with Gasteiger partial charge in [-0.2, -0.15) is 0 Å². The van der Waals surface area contributed by atoms with Crippen molar-refractivity contribution < 1.29 is 14.7 Å². The number of para-hydroxylation sites is 1. The fourth-order valence-corrected chi connectivity index (χ4v) is 2.33. The van der Waals surface area contributed by atoms with Crippen molar-refractivity contribution >= 4 is 33.3 Å². The van der Waals surface area contributed by atoms with Gasteiger partial charge in [0.25, 0.3) is 11.7 Å². The van der Waals surface area contributed by atoms with Gasteiger partial charge in [-0.25, -0.2) is 0 Å². The van der Waals surface area contributed by atoms with E-state index in [4.69, 9.17) is 5.11 Å². The highest BCUT2D eigenvalue weighted by atomic mass is 79.9. The number of amides is 1. The van der Waals surface area contributed by atoms with Gasteiger partial charge < -0.3 is 10.0 Å². The Hall–Kier alpha value is -1.20. The molecule has 0 saturated heterocycles. The zero-order chi connectivity index (χ0) is 11.7. The molecule has 1 aromatic rings. The molecular weight excluding hydrogens is 274 g/mol. The van der Waals surface area contributed by atoms with E-state index in [-0.39, 0.29) is 6.61 Å². The third kappa shape index (κ3) is 1.66. The molecule has 1 heterocycles. The van der Waals surface area contributed by atoms with Crippen molar-refractivity contribution in [2.24, 2.45) is 0 Å². The highest BCUT2D eigenvalue weighted by molar-refractivity contribution is 9.10. The van der Waals surface area contributed by atoms with E-state index in [9.17, 15) is 9.59 Å². The maximum atomic E-state index is 11.7. The summed E-state index contributed by atoms with van der Waals surface area (Å²) in [6, 6.07) is 5.15. The first-order valence-corrected chi connectivity index (χ1v) is 5.71. The van der Waals surface area contributed by atoms with Crippen LogP contribution in [0.15, 0.2) is 22.7 Å². The first-order chi connectivity index (χ1) is 7.66. The van der Waals surface area contributed by atoms with E-state index in [1.54, 1.807) is 18.2 Å². The van der Waals surface area contributed by atoms with Crippen molar-refractivity contribution in [3.63, 3.8) is 0 Å². The Balaban J connectivity index is 2.43. The number of fused-ring (bicyclic) bond motifs is 1. The Morgan fingerprint density at radius 1 is 1.31 bits per heavy atom. The number of benzene rings is 1. The zero-order valence-electron chi connectivity index (χ0n) is 8.44. The number of hydrogen-bond acceptors (Lipinski definition) is 3. The van der Waals surface area contributed by atoms with Crippen LogP contribution in [0.25, 0.3) is 0 Å². The van der Waals surface area contributed by atoms with Crippen molar-refractivity contribution in [2.75, 3.05) is 18.1 Å². The normalized spacial score (nSPS) is 14.5. The molecule has 1 aliphatic heterocycles. The van der Waals surface area contributed by atoms with Gasteiger partial charge in [0.1, 0.15) is 0 Å². The molecule has 4 nitrogen and oxygen atoms in total. The number of ketones is 1. The van der Waals surface area contributed by atoms with E-state index in [0.29, 0.717) is 24.2 Å². The molecule has 0 aliphatic carbocycles. The highest BCUT2D eigenvalue weighted by Crippen LogP contribution is 2.35. The van der Waals surface area contributed by atoms with Crippen LogP contribution >= 0.6 is 15.9 Å². The summed E-state index contributed by atoms with van der Waals surface area (Å²) in [5.41, 5.74) is 1.04. The van der Waals surface area contributed by atoms with E-state index in [2.05, 4.69) is 15.9 Å². The maximum absolute atomic E-state index is 11.7. The van der Waals surface area contributed by atoms with Gasteiger partial charge in [0.15, 0.2) is 0 Å². The van der Waals surface area contributed by atoms with Crippen LogP contribution in [0.3, 0.4) is 0 Å². The van der Waals surface area contributed by atoms with Crippen molar-refractivity contribution in [2.45, 2.75) is 6.42 Å². The van der Waals surface area contributed by atoms with Crippen LogP contribution in [0, 0.1) is 0 Å². The molecule has 1 aromatic carbocycles. The monoisotopic (exact) mass is 283 g/mol. The SMILES string of the molecule is O=C1C(=O)N(CCCO)c2c(Br)cccc21. The number of anilines is 1. The topological polar surface area (TPSA) is 57.6 Å². The summed E-state index contributed by atoms with van der Waals surface area (Å²) in [6.07, 6.45) is 0.458. The second-order valence-corrected chi connectivity index (χ2v) is 4.35. The maximum Gasteiger partial charge on any atom is 0.299 e. The molecule has 0 saturated carbocycles. The summed E-state index contributed by atoms with van der Waals surface area (Å²) in [6.45, 7) is 0.356. The molecule has 1 N–H and O–H groups in total. The summed E-state index contributed by atoms with van der Waals surface area (Å²) < 4.78 is 0.724. The van der Waals surface area contributed by atoms with Gasteiger partial charge in [-0.1, -0.05) is 6.07 Å². The number of aliphatic hydroxyl groups excluding tert-OH is 1. The predicted octanol–water partition coefficient (Wildman–Crippen LogP) is 1.36. The number of Topliss-reactive ketones (excluding diaryl/α,β-unsaturated/α-hetero) is 1. The molecule has 84 valence electrons. The van der Waals surface area contributed by atoms with Gasteiger partial charge in [-0.3, -0.25) is 9.59 Å². The molecule has 16 heavy (non-hydrogen) atoms. The molecule has 0 spiro atoms. The lowest BCUT2D eigenvalue weighted by molar-refractivity contribution is -0.114. The third-order valence-corrected chi connectivity index (χ3v) is 3.12. The molecule has 2 rings (SSSR count). The molecule has 5 heteroatoms. The number of halogens is 1. The standard InChI is InChI=1S/C11H10BrNO3/c12-8-4-1-3-7-9(8)13(5-2-6-14)11(16)10(7)15/h1,3-4,14H,2,5-6H2. The van der Waals surface area contributed by atoms with Crippen molar-refractivity contribution in [3.8, 4) is 0 Å². The fourth-order valence-electron chi connectivity index (χ4n) is 1.75. The van der Waals surface area contributed by atoms with Crippen LogP contribution in [0.5, 0.6) is 0 Å². The van der Waals surface area contributed by atoms with Crippen LogP contribution in [0.1, 0.15) is 16.8 Å². The number of carbonyl (C=O) groups excluding carboxylic acids is 2. The van der Waals surface area contributed by atoms with Crippen LogP contribution in [-0.4, -0.2) is 29.9 Å². The van der Waals surface area contributed by atoms with Gasteiger partial charge >= 0.3 is 0 Å². The Kier molecular flexibility index (Phi) is 3.07. The molecule has 1 aliphatic rings. The number of aliphatic hydroxyl groups is 1. The molecular formula is C11H10BrNO3. The lowest BCUT2D eigenvalue weighted by Gasteiger charge is -2.16. The van der Waals surface area contributed by atoms with Gasteiger partial charge in [-0.05, 0) is 34.5 Å². The van der Waals surface area contributed by atoms with Gasteiger partial charge in [0, 0.05) is 17.6 Å². The van der Waals surface area contributed by atoms with E-state index in [0.717, 1.165) is 4.47 Å². The van der Waals surface area contributed by atoms with Crippen LogP contribution in [0.2, 0.25) is 0 Å². The van der Waals surface area contributed by atoms with E-state index in [1.807, 2.05) is 0 Å². The van der Waals surface area contributed by atoms with Gasteiger partial charge in [0.05, 0.1) is 11.3 Å². The second-order valence-electron chi connectivity index (χ2n) is 3.50. The molecule has 0 atom stereocenters. The summed E-state index contributed by atoms with van der Waals surface area (Å²) in [7, 11) is 0. The first kappa shape index (κ1) is 11.3. The van der Waals surface area contributed by atoms with Crippen LogP contribution in [-0.2, 0) is 4.79 Å². The van der Waals surface area contributed by atoms with Gasteiger partial charge in [0.2, 0.25) is 0 Å². The van der Waals surface area contributed by atoms with E-state index in [1.165, 1.54) is 4.90 Å². The summed E-state index contributed by atoms with van der Waals surface area (Å²) in [4.78, 5) is 24.8. The zero-order valence-corrected chi connectivity index (χ0v) is 10.0. The lowest BCUT2D eigenvalue weighted by atomic mass is 10.1. The van der Waals surface area contributed by atoms with Crippen molar-refractivity contribution in [1.29, 1.82) is 0 Å². The lowest BCUT2D eigenvalue weighted by Crippen LogP contribution is -2.31. The summed E-state index contributed by atoms with van der Waals surface area (Å²) in [5, 5.41) is 8.76. The minimum atomic E-state index is -0.518. The van der Waals surface area contributed by atoms with Crippen LogP contribution < -0.4 is 4.90 Å². The van der Waals surface area contributed by atoms with Gasteiger partial charge in [-0.15, -0.1) is 0 Å². The Bertz CT molecular complexity index is 459. The minimum Gasteiger partial charge on any atom is -0.396 e. The molecule has 1 amide bonds. The second kappa shape index (κ2) is 4.35. The molecule has 0 fully saturated rings. The molecule has 0 unspecified atom stereocenters. The summed E-state index contributed by atoms with van der Waals surface area (Å²) in [5.74, 6) is -0.996. The highest BCUT2D eigenvalue weighted by Gasteiger charge is 2.36. The number of rotatable bonds is 3. The average Bonchev–Trinajstić information content (AvgIpc) is 2.52. The predicted molar refractivity (Wildman–Crippen MR) is 62.5 cm³/mol. The van der Waals surface area contributed by atoms with E-state index >= 15 is 0 Å². The molecule has 0 bridgehead atoms. The smallest absolute Gasteiger partial charge is 0.299 e. The summed E-state index contributed by atoms with van der Waals surface area (Å²) >= 11 is 3.33. The largest absolute Gasteiger partial charge is 0.396 e. The molecule has 0 radical (unpaired) electrons. The average molecular weight is 284 g/mol. The fraction of sp³-hybridized carbons (Fsp3) is 0.273. The number of hydrogen-bond donors (Lipinski definition) is 1. The molecule has 0 aromatic heterocycles. The Morgan fingerprint density at radius 3 is 2.75 bits per heavy atom. The number of nitrogens with zero attached hydrogens (tertiary/aromatic N) is 1. The quantitative estimate of drug-likeness (QED) is 0.853. The Morgan fingerprint density at radius 2 is 2.06 bits per heavy atom. The van der Waals surface area contributed by atoms with Crippen molar-refractivity contribution in [1.82, 2.24) is 0 Å². The number of carbonyl (C=O) groups is 2. The first-order valence-electron chi connectivity index (χ1n) is 4.92. The van der Waals surface area contributed by atoms with E-state index < -0.39 is 11.7 Å². The minimum absolute atomic E-state index is 0.00223. The van der Waals surface area contributed by atoms with Crippen LogP contribution in [0.4, 0.5) is 5.69 Å². The van der Waals surface area contributed by atoms with Crippen molar-refractivity contribution in [3.05, 3.63) is 28.2 Å².